The molecule has 0 radical (unpaired) electrons. The van der Waals surface area contributed by atoms with Gasteiger partial charge in [0.1, 0.15) is 12.9 Å². The topological polar surface area (TPSA) is 44.1 Å². The number of hydrogen-bond donors (Lipinski definition) is 0. The van der Waals surface area contributed by atoms with Crippen molar-refractivity contribution < 1.29 is 13.9 Å². The first-order chi connectivity index (χ1) is 8.72. The molecule has 1 aromatic carbocycles. The average molecular weight is 248 g/mol. The van der Waals surface area contributed by atoms with Crippen LogP contribution in [-0.4, -0.2) is 16.1 Å². The lowest BCUT2D eigenvalue weighted by Crippen LogP contribution is -1.97. The molecule has 0 fully saturated rings. The number of aromatic nitrogens is 2. The van der Waals surface area contributed by atoms with E-state index in [0.29, 0.717) is 11.8 Å². The maximum absolute atomic E-state index is 13.5. The van der Waals surface area contributed by atoms with Crippen molar-refractivity contribution >= 4 is 6.29 Å². The number of aldehydes is 1. The van der Waals surface area contributed by atoms with Gasteiger partial charge in [-0.05, 0) is 25.1 Å². The van der Waals surface area contributed by atoms with E-state index < -0.39 is 5.82 Å². The van der Waals surface area contributed by atoms with Gasteiger partial charge in [0.05, 0.1) is 6.20 Å². The van der Waals surface area contributed by atoms with Crippen LogP contribution in [0.3, 0.4) is 0 Å². The molecule has 1 heterocycles. The van der Waals surface area contributed by atoms with Gasteiger partial charge in [0.25, 0.3) is 0 Å². The SMILES string of the molecule is CCn1cc(COc2ccc(C=O)cc2F)cn1. The molecule has 5 heteroatoms. The molecule has 0 unspecified atom stereocenters. The summed E-state index contributed by atoms with van der Waals surface area (Å²) in [4.78, 5) is 10.5. The third-order valence-electron chi connectivity index (χ3n) is 2.50. The fraction of sp³-hybridized carbons (Fsp3) is 0.231. The standard InChI is InChI=1S/C13H13FN2O2/c1-2-16-7-11(6-15-16)9-18-13-4-3-10(8-17)5-12(13)14/h3-8H,2,9H2,1H3. The maximum atomic E-state index is 13.5. The molecular formula is C13H13FN2O2. The van der Waals surface area contributed by atoms with E-state index in [1.54, 1.807) is 10.9 Å². The van der Waals surface area contributed by atoms with Gasteiger partial charge in [-0.1, -0.05) is 0 Å². The van der Waals surface area contributed by atoms with Crippen molar-refractivity contribution in [1.29, 1.82) is 0 Å². The minimum absolute atomic E-state index is 0.129. The summed E-state index contributed by atoms with van der Waals surface area (Å²) in [5, 5.41) is 4.09. The summed E-state index contributed by atoms with van der Waals surface area (Å²) >= 11 is 0. The van der Waals surface area contributed by atoms with Crippen LogP contribution in [-0.2, 0) is 13.2 Å². The molecule has 1 aromatic heterocycles. The highest BCUT2D eigenvalue weighted by atomic mass is 19.1. The van der Waals surface area contributed by atoms with Crippen LogP contribution >= 0.6 is 0 Å². The minimum atomic E-state index is -0.539. The maximum Gasteiger partial charge on any atom is 0.165 e. The Labute approximate surface area is 104 Å². The number of ether oxygens (including phenoxy) is 1. The number of carbonyl (C=O) groups excluding carboxylic acids is 1. The van der Waals surface area contributed by atoms with E-state index in [1.165, 1.54) is 12.1 Å². The summed E-state index contributed by atoms with van der Waals surface area (Å²) < 4.78 is 20.6. The monoisotopic (exact) mass is 248 g/mol. The van der Waals surface area contributed by atoms with Crippen molar-refractivity contribution in [2.24, 2.45) is 0 Å². The summed E-state index contributed by atoms with van der Waals surface area (Å²) in [6.07, 6.45) is 4.12. The van der Waals surface area contributed by atoms with Gasteiger partial charge in [0, 0.05) is 23.9 Å². The highest BCUT2D eigenvalue weighted by Crippen LogP contribution is 2.18. The third kappa shape index (κ3) is 2.74. The molecule has 0 aliphatic heterocycles. The zero-order valence-electron chi connectivity index (χ0n) is 9.97. The summed E-state index contributed by atoms with van der Waals surface area (Å²) in [5.74, 6) is -0.410. The normalized spacial score (nSPS) is 10.3. The van der Waals surface area contributed by atoms with Crippen LogP contribution in [0.2, 0.25) is 0 Å². The second-order valence-electron chi connectivity index (χ2n) is 3.80. The van der Waals surface area contributed by atoms with Crippen molar-refractivity contribution in [2.45, 2.75) is 20.1 Å². The Hall–Kier alpha value is -2.17. The van der Waals surface area contributed by atoms with Crippen LogP contribution in [0, 0.1) is 5.82 Å². The van der Waals surface area contributed by atoms with Crippen molar-refractivity contribution in [3.63, 3.8) is 0 Å². The minimum Gasteiger partial charge on any atom is -0.486 e. The lowest BCUT2D eigenvalue weighted by molar-refractivity contribution is 0.112. The highest BCUT2D eigenvalue weighted by molar-refractivity contribution is 5.74. The molecule has 0 atom stereocenters. The Balaban J connectivity index is 2.03. The van der Waals surface area contributed by atoms with Gasteiger partial charge in [-0.3, -0.25) is 9.48 Å². The molecule has 0 saturated heterocycles. The first-order valence-corrected chi connectivity index (χ1v) is 5.61. The van der Waals surface area contributed by atoms with Gasteiger partial charge in [0.15, 0.2) is 11.6 Å². The molecule has 4 nitrogen and oxygen atoms in total. The van der Waals surface area contributed by atoms with Crippen LogP contribution in [0.1, 0.15) is 22.8 Å². The molecule has 2 rings (SSSR count). The fourth-order valence-corrected chi connectivity index (χ4v) is 1.52. The molecule has 0 aliphatic carbocycles. The number of halogens is 1. The van der Waals surface area contributed by atoms with E-state index >= 15 is 0 Å². The number of carbonyl (C=O) groups is 1. The zero-order valence-corrected chi connectivity index (χ0v) is 9.97. The van der Waals surface area contributed by atoms with Gasteiger partial charge in [-0.15, -0.1) is 0 Å². The second-order valence-corrected chi connectivity index (χ2v) is 3.80. The first kappa shape index (κ1) is 12.3. The predicted octanol–water partition coefficient (Wildman–Crippen LogP) is 2.43. The summed E-state index contributed by atoms with van der Waals surface area (Å²) in [6.45, 7) is 3.01. The number of rotatable bonds is 5. The highest BCUT2D eigenvalue weighted by Gasteiger charge is 2.05. The van der Waals surface area contributed by atoms with Gasteiger partial charge >= 0.3 is 0 Å². The lowest BCUT2D eigenvalue weighted by atomic mass is 10.2. The molecule has 94 valence electrons. The Morgan fingerprint density at radius 3 is 2.94 bits per heavy atom. The number of benzene rings is 1. The Kier molecular flexibility index (Phi) is 3.72. The van der Waals surface area contributed by atoms with Crippen LogP contribution in [0.25, 0.3) is 0 Å². The molecule has 0 aliphatic rings. The van der Waals surface area contributed by atoms with E-state index in [9.17, 15) is 9.18 Å². The summed E-state index contributed by atoms with van der Waals surface area (Å²) in [5.41, 5.74) is 1.16. The van der Waals surface area contributed by atoms with E-state index in [1.807, 2.05) is 13.1 Å². The third-order valence-corrected chi connectivity index (χ3v) is 2.50. The molecule has 0 bridgehead atoms. The van der Waals surface area contributed by atoms with Crippen LogP contribution < -0.4 is 4.74 Å². The van der Waals surface area contributed by atoms with Crippen molar-refractivity contribution in [2.75, 3.05) is 0 Å². The van der Waals surface area contributed by atoms with E-state index in [2.05, 4.69) is 5.10 Å². The van der Waals surface area contributed by atoms with Gasteiger partial charge in [-0.2, -0.15) is 5.10 Å². The van der Waals surface area contributed by atoms with Gasteiger partial charge in [-0.25, -0.2) is 4.39 Å². The molecule has 2 aromatic rings. The van der Waals surface area contributed by atoms with E-state index in [4.69, 9.17) is 4.74 Å². The first-order valence-electron chi connectivity index (χ1n) is 5.61. The number of hydrogen-bond acceptors (Lipinski definition) is 3. The summed E-state index contributed by atoms with van der Waals surface area (Å²) in [7, 11) is 0. The smallest absolute Gasteiger partial charge is 0.165 e. The summed E-state index contributed by atoms with van der Waals surface area (Å²) in [6, 6.07) is 4.11. The molecule has 0 amide bonds. The Bertz CT molecular complexity index is 552. The quantitative estimate of drug-likeness (QED) is 0.763. The lowest BCUT2D eigenvalue weighted by Gasteiger charge is -2.05. The van der Waals surface area contributed by atoms with E-state index in [-0.39, 0.29) is 12.4 Å². The van der Waals surface area contributed by atoms with Gasteiger partial charge < -0.3 is 4.74 Å². The number of aryl methyl sites for hydroxylation is 1. The largest absolute Gasteiger partial charge is 0.486 e. The Morgan fingerprint density at radius 2 is 2.33 bits per heavy atom. The Morgan fingerprint density at radius 1 is 1.50 bits per heavy atom. The van der Waals surface area contributed by atoms with Crippen LogP contribution in [0.4, 0.5) is 4.39 Å². The van der Waals surface area contributed by atoms with Crippen molar-refractivity contribution in [3.05, 3.63) is 47.5 Å². The second kappa shape index (κ2) is 5.44. The van der Waals surface area contributed by atoms with Gasteiger partial charge in [0.2, 0.25) is 0 Å². The average Bonchev–Trinajstić information content (AvgIpc) is 2.85. The molecule has 0 N–H and O–H groups in total. The molecule has 0 spiro atoms. The molecular weight excluding hydrogens is 235 g/mol. The fourth-order valence-electron chi connectivity index (χ4n) is 1.52. The van der Waals surface area contributed by atoms with Crippen LogP contribution in [0.5, 0.6) is 5.75 Å². The number of nitrogens with zero attached hydrogens (tertiary/aromatic N) is 2. The van der Waals surface area contributed by atoms with Crippen molar-refractivity contribution in [1.82, 2.24) is 9.78 Å². The van der Waals surface area contributed by atoms with E-state index in [0.717, 1.165) is 18.2 Å². The van der Waals surface area contributed by atoms with Crippen LogP contribution in [0.15, 0.2) is 30.6 Å². The molecule has 0 saturated carbocycles. The molecule has 18 heavy (non-hydrogen) atoms. The zero-order chi connectivity index (χ0) is 13.0. The van der Waals surface area contributed by atoms with Crippen molar-refractivity contribution in [3.8, 4) is 5.75 Å². The predicted molar refractivity (Wildman–Crippen MR) is 64.0 cm³/mol.